The van der Waals surface area contributed by atoms with Crippen LogP contribution < -0.4 is 21.3 Å². The first-order valence-corrected chi connectivity index (χ1v) is 35.0. The Morgan fingerprint density at radius 3 is 0.796 bits per heavy atom. The van der Waals surface area contributed by atoms with Crippen LogP contribution in [0.3, 0.4) is 0 Å². The first-order valence-electron chi connectivity index (χ1n) is 35.0. The lowest BCUT2D eigenvalue weighted by Gasteiger charge is -2.27. The van der Waals surface area contributed by atoms with Crippen LogP contribution in [0.25, 0.3) is 0 Å². The van der Waals surface area contributed by atoms with E-state index in [-0.39, 0.29) is 179 Å². The van der Waals surface area contributed by atoms with E-state index in [0.717, 1.165) is 51.4 Å². The molecule has 32 nitrogen and oxygen atoms in total. The van der Waals surface area contributed by atoms with Gasteiger partial charge >= 0.3 is 23.9 Å². The third-order valence-corrected chi connectivity index (χ3v) is 16.1. The van der Waals surface area contributed by atoms with Crippen LogP contribution in [0, 0.1) is 5.92 Å². The number of rotatable bonds is 57. The Kier molecular flexibility index (Phi) is 41.8. The summed E-state index contributed by atoms with van der Waals surface area (Å²) in [7, 11) is 0. The Balaban J connectivity index is 1.22. The average molecular weight is 1390 g/mol. The van der Waals surface area contributed by atoms with Crippen LogP contribution in [-0.4, -0.2) is 194 Å². The Morgan fingerprint density at radius 2 is 0.520 bits per heavy atom. The molecule has 1 unspecified atom stereocenters. The summed E-state index contributed by atoms with van der Waals surface area (Å²) in [5.41, 5.74) is 0. The largest absolute Gasteiger partial charge is 0.381 e. The van der Waals surface area contributed by atoms with Crippen molar-refractivity contribution in [1.29, 1.82) is 0 Å². The minimum Gasteiger partial charge on any atom is -0.381 e. The van der Waals surface area contributed by atoms with Crippen molar-refractivity contribution in [3.05, 3.63) is 0 Å². The molecule has 0 spiro atoms. The van der Waals surface area contributed by atoms with Crippen molar-refractivity contribution in [1.82, 2.24) is 41.5 Å². The predicted molar refractivity (Wildman–Crippen MR) is 340 cm³/mol. The van der Waals surface area contributed by atoms with Crippen molar-refractivity contribution in [2.75, 3.05) is 72.4 Å². The number of imide groups is 4. The number of unbranched alkanes of at least 4 members (excludes halogenated alkanes) is 16. The van der Waals surface area contributed by atoms with Gasteiger partial charge in [0.2, 0.25) is 23.6 Å². The summed E-state index contributed by atoms with van der Waals surface area (Å²) in [6.45, 7) is 2.13. The molecule has 4 saturated heterocycles. The zero-order valence-electron chi connectivity index (χ0n) is 56.7. The molecule has 550 valence electrons. The van der Waals surface area contributed by atoms with Crippen LogP contribution in [0.4, 0.5) is 0 Å². The second-order valence-electron chi connectivity index (χ2n) is 24.4. The smallest absolute Gasteiger partial charge is 0.333 e. The van der Waals surface area contributed by atoms with Gasteiger partial charge in [0.15, 0.2) is 0 Å². The van der Waals surface area contributed by atoms with Crippen LogP contribution in [0.1, 0.15) is 238 Å². The van der Waals surface area contributed by atoms with E-state index in [4.69, 9.17) is 38.3 Å². The standard InChI is InChI=1S/C66H102N8O24/c75-51(67-38-17-9-1-5-13-21-63(87)95-71-55(79)25-26-56(71)80)34-43-91-42-33-50(94-46-37-54(78)70-41-20-12-4-8-16-24-66(90)98-74-61(85)31-32-62(74)86)49(47-92-44-35-52(76)68-39-18-10-2-6-14-22-64(88)96-72-57(81)27-28-58(72)82)48-93-45-36-53(77)69-40-19-11-3-7-15-23-65(89)97-73-59(83)29-30-60(73)84/h49-50H,1-48H2,(H,67,75)(H,68,76)(H,69,77)(H,70,78). The topological polar surface area (TPSA) is 408 Å². The molecule has 4 aliphatic rings. The molecular weight excluding hydrogens is 1290 g/mol. The monoisotopic (exact) mass is 1390 g/mol. The Bertz CT molecular complexity index is 2490. The van der Waals surface area contributed by atoms with Gasteiger partial charge < -0.3 is 59.6 Å². The molecule has 0 aromatic heterocycles. The van der Waals surface area contributed by atoms with Gasteiger partial charge in [-0.05, 0) is 57.8 Å². The minimum absolute atomic E-state index is 0.00572. The second kappa shape index (κ2) is 49.6. The Morgan fingerprint density at radius 1 is 0.286 bits per heavy atom. The SMILES string of the molecule is O=C(CCOCCC(OCCC(=O)NCCCCCCCC(=O)ON1C(=O)CCC1=O)C(COCCC(=O)NCCCCCCCC(=O)ON1C(=O)CCC1=O)COCCC(=O)NCCCCCCCC(=O)ON1C(=O)CCC1=O)NCCCCCCCC(=O)ON1C(=O)CCC1=O. The molecule has 98 heavy (non-hydrogen) atoms. The van der Waals surface area contributed by atoms with Crippen LogP contribution in [0.2, 0.25) is 0 Å². The molecule has 4 N–H and O–H groups in total. The van der Waals surface area contributed by atoms with Gasteiger partial charge in [-0.1, -0.05) is 77.0 Å². The maximum absolute atomic E-state index is 13.0. The molecule has 12 amide bonds. The van der Waals surface area contributed by atoms with Gasteiger partial charge in [0, 0.05) is 141 Å². The molecule has 1 atom stereocenters. The molecule has 4 heterocycles. The van der Waals surface area contributed by atoms with Gasteiger partial charge in [-0.2, -0.15) is 0 Å². The number of carbonyl (C=O) groups is 16. The van der Waals surface area contributed by atoms with Crippen molar-refractivity contribution in [3.63, 3.8) is 0 Å². The fourth-order valence-electron chi connectivity index (χ4n) is 10.5. The normalized spacial score (nSPS) is 15.0. The highest BCUT2D eigenvalue weighted by molar-refractivity contribution is 6.03. The fourth-order valence-corrected chi connectivity index (χ4v) is 10.5. The van der Waals surface area contributed by atoms with Gasteiger partial charge in [-0.25, -0.2) is 19.2 Å². The summed E-state index contributed by atoms with van der Waals surface area (Å²) >= 11 is 0. The summed E-state index contributed by atoms with van der Waals surface area (Å²) in [5, 5.41) is 13.7. The molecule has 0 aromatic rings. The van der Waals surface area contributed by atoms with E-state index in [1.165, 1.54) is 0 Å². The third kappa shape index (κ3) is 36.1. The maximum atomic E-state index is 13.0. The highest BCUT2D eigenvalue weighted by atomic mass is 16.7. The number of hydrogen-bond acceptors (Lipinski definition) is 24. The van der Waals surface area contributed by atoms with E-state index in [2.05, 4.69) is 21.3 Å². The fraction of sp³-hybridized carbons (Fsp3) is 0.758. The zero-order valence-corrected chi connectivity index (χ0v) is 56.7. The molecule has 32 heteroatoms. The molecule has 0 saturated carbocycles. The van der Waals surface area contributed by atoms with E-state index in [1.54, 1.807) is 0 Å². The number of hydroxylamine groups is 8. The third-order valence-electron chi connectivity index (χ3n) is 16.1. The predicted octanol–water partition coefficient (Wildman–Crippen LogP) is 4.24. The van der Waals surface area contributed by atoms with Crippen molar-refractivity contribution in [3.8, 4) is 0 Å². The molecule has 0 aliphatic carbocycles. The summed E-state index contributed by atoms with van der Waals surface area (Å²) in [6, 6.07) is 0. The van der Waals surface area contributed by atoms with Crippen molar-refractivity contribution >= 4 is 94.8 Å². The maximum Gasteiger partial charge on any atom is 0.333 e. The molecule has 0 radical (unpaired) electrons. The Hall–Kier alpha value is -7.84. The molecule has 4 fully saturated rings. The lowest BCUT2D eigenvalue weighted by atomic mass is 10.0. The first kappa shape index (κ1) is 82.6. The van der Waals surface area contributed by atoms with Crippen molar-refractivity contribution < 1.29 is 115 Å². The lowest BCUT2D eigenvalue weighted by molar-refractivity contribution is -0.197. The van der Waals surface area contributed by atoms with Gasteiger partial charge in [0.25, 0.3) is 47.3 Å². The van der Waals surface area contributed by atoms with Gasteiger partial charge in [0.1, 0.15) is 0 Å². The first-order chi connectivity index (χ1) is 47.3. The molecule has 4 aliphatic heterocycles. The van der Waals surface area contributed by atoms with Gasteiger partial charge in [-0.15, -0.1) is 20.3 Å². The van der Waals surface area contributed by atoms with E-state index in [9.17, 15) is 76.7 Å². The van der Waals surface area contributed by atoms with Gasteiger partial charge in [-0.3, -0.25) is 57.5 Å². The number of nitrogens with zero attached hydrogens (tertiary/aromatic N) is 4. The summed E-state index contributed by atoms with van der Waals surface area (Å²) in [6.07, 6.45) is 14.1. The zero-order chi connectivity index (χ0) is 71.1. The number of hydrogen-bond donors (Lipinski definition) is 4. The van der Waals surface area contributed by atoms with Crippen molar-refractivity contribution in [2.24, 2.45) is 5.92 Å². The summed E-state index contributed by atoms with van der Waals surface area (Å²) in [5.74, 6) is -8.26. The van der Waals surface area contributed by atoms with E-state index in [1.807, 2.05) is 0 Å². The van der Waals surface area contributed by atoms with Crippen LogP contribution >= 0.6 is 0 Å². The van der Waals surface area contributed by atoms with E-state index in [0.29, 0.717) is 123 Å². The van der Waals surface area contributed by atoms with Crippen LogP contribution in [-0.2, 0) is 115 Å². The molecule has 4 rings (SSSR count). The number of amides is 12. The number of nitrogens with one attached hydrogen (secondary N) is 4. The van der Waals surface area contributed by atoms with E-state index >= 15 is 0 Å². The van der Waals surface area contributed by atoms with Crippen LogP contribution in [0.5, 0.6) is 0 Å². The van der Waals surface area contributed by atoms with Crippen molar-refractivity contribution in [2.45, 2.75) is 244 Å². The average Bonchev–Trinajstić information content (AvgIpc) is 1.80. The number of carbonyl (C=O) groups excluding carboxylic acids is 16. The lowest BCUT2D eigenvalue weighted by Crippen LogP contribution is -2.35. The van der Waals surface area contributed by atoms with E-state index < -0.39 is 83.2 Å². The van der Waals surface area contributed by atoms with Gasteiger partial charge in [0.05, 0.1) is 45.7 Å². The molecule has 0 aromatic carbocycles. The summed E-state index contributed by atoms with van der Waals surface area (Å²) < 4.78 is 24.4. The highest BCUT2D eigenvalue weighted by Crippen LogP contribution is 2.20. The Labute approximate surface area is 571 Å². The quantitative estimate of drug-likeness (QED) is 0.0488. The number of ether oxygens (including phenoxy) is 4. The minimum atomic E-state index is -0.650. The molecule has 0 bridgehead atoms. The summed E-state index contributed by atoms with van der Waals surface area (Å²) in [4.78, 5) is 213. The molecular formula is C66H102N8O24. The highest BCUT2D eigenvalue weighted by Gasteiger charge is 2.36. The second-order valence-corrected chi connectivity index (χ2v) is 24.4. The van der Waals surface area contributed by atoms with Crippen LogP contribution in [0.15, 0.2) is 0 Å².